The Morgan fingerprint density at radius 1 is 1.00 bits per heavy atom. The highest BCUT2D eigenvalue weighted by atomic mass is 16.2. The third-order valence-electron chi connectivity index (χ3n) is 2.47. The van der Waals surface area contributed by atoms with Gasteiger partial charge in [-0.25, -0.2) is 0 Å². The summed E-state index contributed by atoms with van der Waals surface area (Å²) in [6.07, 6.45) is 0.0169. The van der Waals surface area contributed by atoms with Crippen LogP contribution in [0.15, 0.2) is 0 Å². The van der Waals surface area contributed by atoms with Gasteiger partial charge in [0.2, 0.25) is 23.6 Å². The average Bonchev–Trinajstić information content (AvgIpc) is 2.24. The summed E-state index contributed by atoms with van der Waals surface area (Å²) in [5.74, 6) is -2.40. The fourth-order valence-corrected chi connectivity index (χ4v) is 1.64. The SMILES string of the molecule is CC(=O)N[C@@H](CC(C)C)C(=O)N[C@@H](CC(N)=O)C(N)=O. The maximum atomic E-state index is 12.0. The first-order valence-electron chi connectivity index (χ1n) is 6.28. The minimum atomic E-state index is -1.18. The van der Waals surface area contributed by atoms with E-state index in [1.54, 1.807) is 0 Å². The van der Waals surface area contributed by atoms with Crippen molar-refractivity contribution >= 4 is 23.6 Å². The Kier molecular flexibility index (Phi) is 7.27. The zero-order valence-corrected chi connectivity index (χ0v) is 11.9. The Balaban J connectivity index is 4.81. The van der Waals surface area contributed by atoms with Crippen molar-refractivity contribution in [1.82, 2.24) is 10.6 Å². The van der Waals surface area contributed by atoms with Crippen LogP contribution in [0.3, 0.4) is 0 Å². The first kappa shape index (κ1) is 17.9. The molecule has 0 saturated carbocycles. The predicted octanol–water partition coefficient (Wildman–Crippen LogP) is -1.62. The molecule has 0 aromatic carbocycles. The van der Waals surface area contributed by atoms with Crippen molar-refractivity contribution in [2.75, 3.05) is 0 Å². The van der Waals surface area contributed by atoms with Crippen molar-refractivity contribution in [3.05, 3.63) is 0 Å². The van der Waals surface area contributed by atoms with E-state index in [4.69, 9.17) is 11.5 Å². The Labute approximate surface area is 117 Å². The number of nitrogens with one attached hydrogen (secondary N) is 2. The van der Waals surface area contributed by atoms with Gasteiger partial charge in [-0.2, -0.15) is 0 Å². The minimum absolute atomic E-state index is 0.153. The van der Waals surface area contributed by atoms with Crippen LogP contribution in [-0.4, -0.2) is 35.7 Å². The van der Waals surface area contributed by atoms with E-state index in [9.17, 15) is 19.2 Å². The van der Waals surface area contributed by atoms with Gasteiger partial charge < -0.3 is 22.1 Å². The van der Waals surface area contributed by atoms with Gasteiger partial charge in [-0.1, -0.05) is 13.8 Å². The van der Waals surface area contributed by atoms with Gasteiger partial charge >= 0.3 is 0 Å². The van der Waals surface area contributed by atoms with Crippen LogP contribution in [-0.2, 0) is 19.2 Å². The number of carbonyl (C=O) groups is 4. The summed E-state index contributed by atoms with van der Waals surface area (Å²) in [5, 5.41) is 4.82. The van der Waals surface area contributed by atoms with E-state index in [0.29, 0.717) is 6.42 Å². The van der Waals surface area contributed by atoms with Crippen LogP contribution in [0.25, 0.3) is 0 Å². The van der Waals surface area contributed by atoms with E-state index < -0.39 is 29.8 Å². The lowest BCUT2D eigenvalue weighted by atomic mass is 10.0. The van der Waals surface area contributed by atoms with Gasteiger partial charge in [0.15, 0.2) is 0 Å². The van der Waals surface area contributed by atoms with Crippen molar-refractivity contribution < 1.29 is 19.2 Å². The fraction of sp³-hybridized carbons (Fsp3) is 0.667. The van der Waals surface area contributed by atoms with Gasteiger partial charge in [0.25, 0.3) is 0 Å². The second-order valence-electron chi connectivity index (χ2n) is 5.02. The zero-order valence-electron chi connectivity index (χ0n) is 11.9. The number of carbonyl (C=O) groups excluding carboxylic acids is 4. The second-order valence-corrected chi connectivity index (χ2v) is 5.02. The van der Waals surface area contributed by atoms with Crippen LogP contribution in [0.5, 0.6) is 0 Å². The Hall–Kier alpha value is -2.12. The normalized spacial score (nSPS) is 13.4. The van der Waals surface area contributed by atoms with Gasteiger partial charge in [0.05, 0.1) is 6.42 Å². The van der Waals surface area contributed by atoms with E-state index in [0.717, 1.165) is 0 Å². The third-order valence-corrected chi connectivity index (χ3v) is 2.47. The molecular weight excluding hydrogens is 264 g/mol. The van der Waals surface area contributed by atoms with E-state index in [1.165, 1.54) is 6.92 Å². The molecule has 0 unspecified atom stereocenters. The standard InChI is InChI=1S/C12H22N4O4/c1-6(2)4-9(15-7(3)17)12(20)16-8(11(14)19)5-10(13)18/h6,8-9H,4-5H2,1-3H3,(H2,13,18)(H2,14,19)(H,15,17)(H,16,20)/t8-,9-/m0/s1. The molecule has 0 fully saturated rings. The molecule has 0 bridgehead atoms. The van der Waals surface area contributed by atoms with E-state index in [1.807, 2.05) is 13.8 Å². The monoisotopic (exact) mass is 286 g/mol. The Bertz CT molecular complexity index is 395. The third kappa shape index (κ3) is 7.34. The predicted molar refractivity (Wildman–Crippen MR) is 72.0 cm³/mol. The lowest BCUT2D eigenvalue weighted by molar-refractivity contribution is -0.132. The lowest BCUT2D eigenvalue weighted by Gasteiger charge is -2.22. The average molecular weight is 286 g/mol. The van der Waals surface area contributed by atoms with Gasteiger partial charge in [-0.15, -0.1) is 0 Å². The molecule has 0 heterocycles. The molecule has 0 aromatic rings. The molecule has 0 aliphatic rings. The quantitative estimate of drug-likeness (QED) is 0.425. The molecule has 6 N–H and O–H groups in total. The highest BCUT2D eigenvalue weighted by molar-refractivity contribution is 5.93. The van der Waals surface area contributed by atoms with Crippen LogP contribution < -0.4 is 22.1 Å². The maximum absolute atomic E-state index is 12.0. The molecule has 114 valence electrons. The van der Waals surface area contributed by atoms with E-state index >= 15 is 0 Å². The largest absolute Gasteiger partial charge is 0.370 e. The van der Waals surface area contributed by atoms with Crippen molar-refractivity contribution in [2.24, 2.45) is 17.4 Å². The number of nitrogens with two attached hydrogens (primary N) is 2. The van der Waals surface area contributed by atoms with Crippen molar-refractivity contribution in [3.8, 4) is 0 Å². The van der Waals surface area contributed by atoms with Crippen molar-refractivity contribution in [1.29, 1.82) is 0 Å². The molecule has 0 aromatic heterocycles. The molecule has 8 heteroatoms. The second kappa shape index (κ2) is 8.13. The highest BCUT2D eigenvalue weighted by Gasteiger charge is 2.26. The number of rotatable bonds is 8. The summed E-state index contributed by atoms with van der Waals surface area (Å²) >= 11 is 0. The summed E-state index contributed by atoms with van der Waals surface area (Å²) in [4.78, 5) is 45.1. The molecule has 0 aliphatic carbocycles. The summed E-state index contributed by atoms with van der Waals surface area (Å²) in [5.41, 5.74) is 10.1. The minimum Gasteiger partial charge on any atom is -0.370 e. The lowest BCUT2D eigenvalue weighted by Crippen LogP contribution is -2.53. The molecule has 0 radical (unpaired) electrons. The van der Waals surface area contributed by atoms with E-state index in [2.05, 4.69) is 10.6 Å². The smallest absolute Gasteiger partial charge is 0.243 e. The summed E-state index contributed by atoms with van der Waals surface area (Å²) < 4.78 is 0. The van der Waals surface area contributed by atoms with Crippen molar-refractivity contribution in [3.63, 3.8) is 0 Å². The first-order valence-corrected chi connectivity index (χ1v) is 6.28. The number of hydrogen-bond acceptors (Lipinski definition) is 4. The number of primary amides is 2. The molecule has 4 amide bonds. The topological polar surface area (TPSA) is 144 Å². The molecule has 0 aliphatic heterocycles. The molecule has 0 spiro atoms. The summed E-state index contributed by atoms with van der Waals surface area (Å²) in [6.45, 7) is 5.06. The van der Waals surface area contributed by atoms with Crippen LogP contribution in [0.1, 0.15) is 33.6 Å². The van der Waals surface area contributed by atoms with Gasteiger partial charge in [0, 0.05) is 6.92 Å². The van der Waals surface area contributed by atoms with Crippen LogP contribution in [0.2, 0.25) is 0 Å². The van der Waals surface area contributed by atoms with E-state index in [-0.39, 0.29) is 18.2 Å². The van der Waals surface area contributed by atoms with Gasteiger partial charge in [-0.3, -0.25) is 19.2 Å². The number of amides is 4. The highest BCUT2D eigenvalue weighted by Crippen LogP contribution is 2.06. The summed E-state index contributed by atoms with van der Waals surface area (Å²) in [7, 11) is 0. The van der Waals surface area contributed by atoms with Crippen molar-refractivity contribution in [2.45, 2.75) is 45.7 Å². The number of hydrogen-bond donors (Lipinski definition) is 4. The molecular formula is C12H22N4O4. The first-order chi connectivity index (χ1) is 9.13. The molecule has 2 atom stereocenters. The van der Waals surface area contributed by atoms with Crippen LogP contribution in [0.4, 0.5) is 0 Å². The fourth-order valence-electron chi connectivity index (χ4n) is 1.64. The van der Waals surface area contributed by atoms with Crippen LogP contribution in [0, 0.1) is 5.92 Å². The van der Waals surface area contributed by atoms with Gasteiger partial charge in [-0.05, 0) is 12.3 Å². The zero-order chi connectivity index (χ0) is 15.9. The van der Waals surface area contributed by atoms with Gasteiger partial charge in [0.1, 0.15) is 12.1 Å². The molecule has 0 saturated heterocycles. The Morgan fingerprint density at radius 3 is 1.90 bits per heavy atom. The van der Waals surface area contributed by atoms with Crippen LogP contribution >= 0.6 is 0 Å². The summed E-state index contributed by atoms with van der Waals surface area (Å²) in [6, 6.07) is -1.97. The molecule has 8 nitrogen and oxygen atoms in total. The molecule has 0 rings (SSSR count). The molecule has 20 heavy (non-hydrogen) atoms. The maximum Gasteiger partial charge on any atom is 0.243 e. The Morgan fingerprint density at radius 2 is 1.55 bits per heavy atom.